The van der Waals surface area contributed by atoms with Crippen molar-refractivity contribution in [3.8, 4) is 5.75 Å². The van der Waals surface area contributed by atoms with Crippen LogP contribution < -0.4 is 9.64 Å². The van der Waals surface area contributed by atoms with Gasteiger partial charge in [-0.15, -0.1) is 0 Å². The Kier molecular flexibility index (Phi) is 6.71. The summed E-state index contributed by atoms with van der Waals surface area (Å²) in [6.07, 6.45) is 2.13. The number of amides is 1. The summed E-state index contributed by atoms with van der Waals surface area (Å²) in [4.78, 5) is 19.9. The molecule has 2 aliphatic rings. The first-order valence-electron chi connectivity index (χ1n) is 10.4. The Labute approximate surface area is 188 Å². The fourth-order valence-corrected chi connectivity index (χ4v) is 4.98. The van der Waals surface area contributed by atoms with Gasteiger partial charge in [0.25, 0.3) is 5.91 Å². The third kappa shape index (κ3) is 4.53. The van der Waals surface area contributed by atoms with Crippen LogP contribution in [-0.4, -0.2) is 68.1 Å². The number of hydrogen-bond acceptors (Lipinski definition) is 4. The van der Waals surface area contributed by atoms with Crippen molar-refractivity contribution >= 4 is 34.8 Å². The monoisotopic (exact) mass is 447 g/mol. The maximum absolute atomic E-state index is 13.0. The molecular weight excluding hydrogens is 421 g/mol. The van der Waals surface area contributed by atoms with Crippen molar-refractivity contribution in [1.29, 1.82) is 0 Å². The van der Waals surface area contributed by atoms with E-state index in [1.807, 2.05) is 17.0 Å². The molecule has 160 valence electrons. The molecule has 5 nitrogen and oxygen atoms in total. The molecule has 0 radical (unpaired) electrons. The van der Waals surface area contributed by atoms with Gasteiger partial charge in [0.15, 0.2) is 0 Å². The second kappa shape index (κ2) is 9.46. The third-order valence-electron chi connectivity index (χ3n) is 6.10. The van der Waals surface area contributed by atoms with E-state index in [0.717, 1.165) is 63.5 Å². The molecule has 30 heavy (non-hydrogen) atoms. The number of methoxy groups -OCH3 is 1. The van der Waals surface area contributed by atoms with Crippen molar-refractivity contribution in [2.45, 2.75) is 18.9 Å². The van der Waals surface area contributed by atoms with Gasteiger partial charge in [0, 0.05) is 50.3 Å². The molecule has 2 heterocycles. The number of rotatable bonds is 4. The fraction of sp³-hybridized carbons (Fsp3) is 0.435. The molecule has 7 heteroatoms. The Morgan fingerprint density at radius 1 is 1.03 bits per heavy atom. The van der Waals surface area contributed by atoms with Crippen molar-refractivity contribution in [2.75, 3.05) is 51.3 Å². The van der Waals surface area contributed by atoms with Gasteiger partial charge >= 0.3 is 0 Å². The molecule has 0 saturated carbocycles. The average Bonchev–Trinajstić information content (AvgIpc) is 2.79. The van der Waals surface area contributed by atoms with Gasteiger partial charge in [0.1, 0.15) is 5.75 Å². The highest BCUT2D eigenvalue weighted by Crippen LogP contribution is 2.30. The van der Waals surface area contributed by atoms with Crippen LogP contribution in [0.15, 0.2) is 42.5 Å². The number of piperidine rings is 1. The summed E-state index contributed by atoms with van der Waals surface area (Å²) in [7, 11) is 1.72. The molecule has 1 unspecified atom stereocenters. The van der Waals surface area contributed by atoms with Gasteiger partial charge in [-0.05, 0) is 43.2 Å². The summed E-state index contributed by atoms with van der Waals surface area (Å²) < 4.78 is 5.52. The molecule has 0 aliphatic carbocycles. The zero-order valence-electron chi connectivity index (χ0n) is 17.2. The minimum atomic E-state index is -0.00553. The van der Waals surface area contributed by atoms with E-state index in [9.17, 15) is 4.79 Å². The van der Waals surface area contributed by atoms with E-state index in [1.165, 1.54) is 0 Å². The fourth-order valence-electron chi connectivity index (χ4n) is 4.49. The topological polar surface area (TPSA) is 36.0 Å². The van der Waals surface area contributed by atoms with E-state index in [1.54, 1.807) is 25.3 Å². The van der Waals surface area contributed by atoms with Crippen molar-refractivity contribution in [1.82, 2.24) is 9.80 Å². The SMILES string of the molecule is COc1ccccc1N1CCN(C2CCCN(C(=O)c3ccc(Cl)cc3Cl)C2)CC1. The van der Waals surface area contributed by atoms with Crippen molar-refractivity contribution < 1.29 is 9.53 Å². The highest BCUT2D eigenvalue weighted by Gasteiger charge is 2.31. The Hall–Kier alpha value is -1.95. The Morgan fingerprint density at radius 3 is 2.53 bits per heavy atom. The first-order chi connectivity index (χ1) is 14.6. The summed E-state index contributed by atoms with van der Waals surface area (Å²) >= 11 is 12.2. The minimum absolute atomic E-state index is 0.00553. The van der Waals surface area contributed by atoms with E-state index in [4.69, 9.17) is 27.9 Å². The van der Waals surface area contributed by atoms with Crippen LogP contribution in [0.4, 0.5) is 5.69 Å². The molecule has 1 atom stereocenters. The second-order valence-electron chi connectivity index (χ2n) is 7.87. The second-order valence-corrected chi connectivity index (χ2v) is 8.71. The molecule has 2 aromatic rings. The van der Waals surface area contributed by atoms with Gasteiger partial charge in [-0.3, -0.25) is 9.69 Å². The maximum Gasteiger partial charge on any atom is 0.255 e. The third-order valence-corrected chi connectivity index (χ3v) is 6.65. The van der Waals surface area contributed by atoms with Gasteiger partial charge in [0.2, 0.25) is 0 Å². The molecule has 1 amide bonds. The summed E-state index contributed by atoms with van der Waals surface area (Å²) in [6, 6.07) is 13.6. The molecule has 0 bridgehead atoms. The highest BCUT2D eigenvalue weighted by atomic mass is 35.5. The molecule has 2 saturated heterocycles. The molecule has 0 N–H and O–H groups in total. The number of nitrogens with zero attached hydrogens (tertiary/aromatic N) is 3. The highest BCUT2D eigenvalue weighted by molar-refractivity contribution is 6.36. The van der Waals surface area contributed by atoms with Gasteiger partial charge in [-0.1, -0.05) is 35.3 Å². The zero-order valence-corrected chi connectivity index (χ0v) is 18.7. The number of carbonyl (C=O) groups excluding carboxylic acids is 1. The van der Waals surface area contributed by atoms with Crippen LogP contribution in [0.3, 0.4) is 0 Å². The van der Waals surface area contributed by atoms with E-state index < -0.39 is 0 Å². The van der Waals surface area contributed by atoms with Crippen LogP contribution in [0.1, 0.15) is 23.2 Å². The lowest BCUT2D eigenvalue weighted by atomic mass is 10.0. The first kappa shape index (κ1) is 21.3. The number of carbonyl (C=O) groups is 1. The number of halogens is 2. The van der Waals surface area contributed by atoms with Gasteiger partial charge in [-0.2, -0.15) is 0 Å². The lowest BCUT2D eigenvalue weighted by Gasteiger charge is -2.44. The number of anilines is 1. The summed E-state index contributed by atoms with van der Waals surface area (Å²) in [5.41, 5.74) is 1.68. The predicted octanol–water partition coefficient (Wildman–Crippen LogP) is 4.43. The maximum atomic E-state index is 13.0. The average molecular weight is 448 g/mol. The largest absolute Gasteiger partial charge is 0.495 e. The quantitative estimate of drug-likeness (QED) is 0.694. The zero-order chi connectivity index (χ0) is 21.1. The summed E-state index contributed by atoms with van der Waals surface area (Å²) in [5, 5.41) is 0.959. The van der Waals surface area contributed by atoms with Crippen LogP contribution in [0, 0.1) is 0 Å². The number of piperazine rings is 1. The molecule has 4 rings (SSSR count). The predicted molar refractivity (Wildman–Crippen MR) is 122 cm³/mol. The van der Waals surface area contributed by atoms with Crippen LogP contribution in [0.5, 0.6) is 5.75 Å². The van der Waals surface area contributed by atoms with Crippen molar-refractivity contribution in [3.63, 3.8) is 0 Å². The van der Waals surface area contributed by atoms with E-state index in [-0.39, 0.29) is 5.91 Å². The number of para-hydroxylation sites is 2. The van der Waals surface area contributed by atoms with E-state index >= 15 is 0 Å². The standard InChI is InChI=1S/C23H27Cl2N3O2/c1-30-22-7-3-2-6-21(22)27-13-11-26(12-14-27)18-5-4-10-28(16-18)23(29)19-9-8-17(24)15-20(19)25/h2-3,6-9,15,18H,4-5,10-14,16H2,1H3. The Bertz CT molecular complexity index is 900. The smallest absolute Gasteiger partial charge is 0.255 e. The molecule has 0 spiro atoms. The van der Waals surface area contributed by atoms with Crippen LogP contribution in [-0.2, 0) is 0 Å². The lowest BCUT2D eigenvalue weighted by Crippen LogP contribution is -2.56. The first-order valence-corrected chi connectivity index (χ1v) is 11.2. The minimum Gasteiger partial charge on any atom is -0.495 e. The van der Waals surface area contributed by atoms with Gasteiger partial charge in [0.05, 0.1) is 23.4 Å². The van der Waals surface area contributed by atoms with E-state index in [2.05, 4.69) is 21.9 Å². The molecule has 2 aliphatic heterocycles. The summed E-state index contributed by atoms with van der Waals surface area (Å²) in [5.74, 6) is 0.911. The Morgan fingerprint density at radius 2 is 1.80 bits per heavy atom. The van der Waals surface area contributed by atoms with Gasteiger partial charge < -0.3 is 14.5 Å². The van der Waals surface area contributed by atoms with E-state index in [0.29, 0.717) is 21.7 Å². The summed E-state index contributed by atoms with van der Waals surface area (Å²) in [6.45, 7) is 5.38. The lowest BCUT2D eigenvalue weighted by molar-refractivity contribution is 0.0563. The molecule has 0 aromatic heterocycles. The molecule has 2 aromatic carbocycles. The Balaban J connectivity index is 1.38. The number of hydrogen-bond donors (Lipinski definition) is 0. The normalized spacial score (nSPS) is 20.3. The molecular formula is C23H27Cl2N3O2. The molecule has 2 fully saturated rings. The van der Waals surface area contributed by atoms with Crippen molar-refractivity contribution in [2.24, 2.45) is 0 Å². The van der Waals surface area contributed by atoms with Crippen molar-refractivity contribution in [3.05, 3.63) is 58.1 Å². The van der Waals surface area contributed by atoms with Crippen LogP contribution in [0.2, 0.25) is 10.0 Å². The van der Waals surface area contributed by atoms with Crippen LogP contribution >= 0.6 is 23.2 Å². The number of benzene rings is 2. The number of ether oxygens (including phenoxy) is 1. The van der Waals surface area contributed by atoms with Crippen LogP contribution in [0.25, 0.3) is 0 Å². The van der Waals surface area contributed by atoms with Gasteiger partial charge in [-0.25, -0.2) is 0 Å². The number of likely N-dealkylation sites (tertiary alicyclic amines) is 1.